The van der Waals surface area contributed by atoms with Crippen LogP contribution in [0.25, 0.3) is 0 Å². The highest BCUT2D eigenvalue weighted by Crippen LogP contribution is 2.22. The Labute approximate surface area is 114 Å². The van der Waals surface area contributed by atoms with E-state index >= 15 is 0 Å². The van der Waals surface area contributed by atoms with Gasteiger partial charge < -0.3 is 10.2 Å². The second-order valence-corrected chi connectivity index (χ2v) is 6.74. The molecule has 106 valence electrons. The standard InChI is InChI=1S/C13H20N2O3S/c1-5-19(17,18)12-9-7-6-8-11(12)14-10(2)13(16)15(3)4/h6-10,14H,5H2,1-4H3. The van der Waals surface area contributed by atoms with Crippen molar-refractivity contribution in [1.29, 1.82) is 0 Å². The lowest BCUT2D eigenvalue weighted by Gasteiger charge is -2.20. The number of rotatable bonds is 5. The molecule has 0 aliphatic heterocycles. The van der Waals surface area contributed by atoms with Gasteiger partial charge in [0.25, 0.3) is 0 Å². The molecule has 1 aromatic carbocycles. The number of nitrogens with one attached hydrogen (secondary N) is 1. The molecule has 0 radical (unpaired) electrons. The fourth-order valence-electron chi connectivity index (χ4n) is 1.69. The number of amides is 1. The first-order chi connectivity index (χ1) is 8.79. The van der Waals surface area contributed by atoms with Gasteiger partial charge in [-0.15, -0.1) is 0 Å². The van der Waals surface area contributed by atoms with Crippen molar-refractivity contribution in [3.8, 4) is 0 Å². The van der Waals surface area contributed by atoms with Crippen molar-refractivity contribution in [3.05, 3.63) is 24.3 Å². The van der Waals surface area contributed by atoms with Crippen molar-refractivity contribution >= 4 is 21.4 Å². The molecule has 0 fully saturated rings. The van der Waals surface area contributed by atoms with Crippen LogP contribution in [0, 0.1) is 0 Å². The van der Waals surface area contributed by atoms with Crippen LogP contribution in [0.4, 0.5) is 5.69 Å². The maximum Gasteiger partial charge on any atom is 0.244 e. The van der Waals surface area contributed by atoms with Crippen molar-refractivity contribution in [2.24, 2.45) is 0 Å². The molecule has 0 saturated heterocycles. The van der Waals surface area contributed by atoms with Crippen LogP contribution in [0.1, 0.15) is 13.8 Å². The summed E-state index contributed by atoms with van der Waals surface area (Å²) in [6, 6.07) is 6.15. The molecule has 6 heteroatoms. The van der Waals surface area contributed by atoms with Crippen LogP contribution in [-0.2, 0) is 14.6 Å². The summed E-state index contributed by atoms with van der Waals surface area (Å²) in [6.07, 6.45) is 0. The predicted octanol–water partition coefficient (Wildman–Crippen LogP) is 1.37. The van der Waals surface area contributed by atoms with E-state index in [1.165, 1.54) is 4.90 Å². The lowest BCUT2D eigenvalue weighted by atomic mass is 10.2. The largest absolute Gasteiger partial charge is 0.373 e. The van der Waals surface area contributed by atoms with E-state index in [1.54, 1.807) is 52.2 Å². The van der Waals surface area contributed by atoms with E-state index in [0.29, 0.717) is 5.69 Å². The van der Waals surface area contributed by atoms with Gasteiger partial charge in [0.15, 0.2) is 9.84 Å². The monoisotopic (exact) mass is 284 g/mol. The zero-order valence-electron chi connectivity index (χ0n) is 11.7. The summed E-state index contributed by atoms with van der Waals surface area (Å²) in [6.45, 7) is 3.30. The van der Waals surface area contributed by atoms with Crippen molar-refractivity contribution in [3.63, 3.8) is 0 Å². The minimum atomic E-state index is -3.31. The Morgan fingerprint density at radius 3 is 2.42 bits per heavy atom. The lowest BCUT2D eigenvalue weighted by Crippen LogP contribution is -2.36. The summed E-state index contributed by atoms with van der Waals surface area (Å²) in [7, 11) is 0.0160. The SMILES string of the molecule is CCS(=O)(=O)c1ccccc1NC(C)C(=O)N(C)C. The molecule has 0 saturated carbocycles. The van der Waals surface area contributed by atoms with Crippen LogP contribution in [-0.4, -0.2) is 45.1 Å². The molecule has 5 nitrogen and oxygen atoms in total. The van der Waals surface area contributed by atoms with Crippen molar-refractivity contribution in [2.75, 3.05) is 25.2 Å². The molecule has 1 unspecified atom stereocenters. The molecule has 1 atom stereocenters. The van der Waals surface area contributed by atoms with E-state index in [1.807, 2.05) is 0 Å². The van der Waals surface area contributed by atoms with Gasteiger partial charge in [0, 0.05) is 14.1 Å². The molecule has 19 heavy (non-hydrogen) atoms. The Morgan fingerprint density at radius 1 is 1.32 bits per heavy atom. The third-order valence-electron chi connectivity index (χ3n) is 2.79. The van der Waals surface area contributed by atoms with Crippen LogP contribution in [0.15, 0.2) is 29.2 Å². The van der Waals surface area contributed by atoms with Gasteiger partial charge in [-0.3, -0.25) is 4.79 Å². The molecule has 1 aromatic rings. The molecule has 0 aromatic heterocycles. The number of carbonyl (C=O) groups is 1. The maximum atomic E-state index is 12.0. The number of anilines is 1. The van der Waals surface area contributed by atoms with Gasteiger partial charge in [0.05, 0.1) is 16.3 Å². The van der Waals surface area contributed by atoms with E-state index in [0.717, 1.165) is 0 Å². The summed E-state index contributed by atoms with van der Waals surface area (Å²) in [5.41, 5.74) is 0.465. The molecule has 1 N–H and O–H groups in total. The zero-order valence-corrected chi connectivity index (χ0v) is 12.5. The Kier molecular flexibility index (Phi) is 4.94. The Hall–Kier alpha value is -1.56. The summed E-state index contributed by atoms with van der Waals surface area (Å²) < 4.78 is 23.9. The topological polar surface area (TPSA) is 66.5 Å². The van der Waals surface area contributed by atoms with Gasteiger partial charge in [0.2, 0.25) is 5.91 Å². The zero-order chi connectivity index (χ0) is 14.6. The van der Waals surface area contributed by atoms with Gasteiger partial charge in [-0.05, 0) is 19.1 Å². The van der Waals surface area contributed by atoms with E-state index in [9.17, 15) is 13.2 Å². The summed E-state index contributed by atoms with van der Waals surface area (Å²) in [5.74, 6) is -0.0782. The first-order valence-electron chi connectivity index (χ1n) is 6.09. The highest BCUT2D eigenvalue weighted by atomic mass is 32.2. The van der Waals surface area contributed by atoms with Crippen molar-refractivity contribution in [1.82, 2.24) is 4.90 Å². The smallest absolute Gasteiger partial charge is 0.244 e. The number of hydrogen-bond donors (Lipinski definition) is 1. The summed E-state index contributed by atoms with van der Waals surface area (Å²) >= 11 is 0. The normalized spacial score (nSPS) is 12.8. The number of hydrogen-bond acceptors (Lipinski definition) is 4. The molecular formula is C13H20N2O3S. The number of nitrogens with zero attached hydrogens (tertiary/aromatic N) is 1. The minimum absolute atomic E-state index is 0.0295. The third-order valence-corrected chi connectivity index (χ3v) is 4.57. The van der Waals surface area contributed by atoms with Crippen LogP contribution in [0.2, 0.25) is 0 Å². The highest BCUT2D eigenvalue weighted by Gasteiger charge is 2.20. The molecule has 1 amide bonds. The quantitative estimate of drug-likeness (QED) is 0.887. The van der Waals surface area contributed by atoms with Crippen LogP contribution in [0.3, 0.4) is 0 Å². The maximum absolute atomic E-state index is 12.0. The summed E-state index contributed by atoms with van der Waals surface area (Å²) in [5, 5.41) is 2.96. The van der Waals surface area contributed by atoms with Crippen LogP contribution >= 0.6 is 0 Å². The molecule has 0 spiro atoms. The van der Waals surface area contributed by atoms with Gasteiger partial charge >= 0.3 is 0 Å². The first kappa shape index (κ1) is 15.5. The average Bonchev–Trinajstić information content (AvgIpc) is 2.38. The van der Waals surface area contributed by atoms with E-state index in [-0.39, 0.29) is 16.6 Å². The van der Waals surface area contributed by atoms with Gasteiger partial charge in [-0.1, -0.05) is 19.1 Å². The van der Waals surface area contributed by atoms with Crippen molar-refractivity contribution < 1.29 is 13.2 Å². The number of para-hydroxylation sites is 1. The number of likely N-dealkylation sites (N-methyl/N-ethyl adjacent to an activating group) is 1. The molecule has 0 aliphatic rings. The van der Waals surface area contributed by atoms with E-state index < -0.39 is 15.9 Å². The molecular weight excluding hydrogens is 264 g/mol. The van der Waals surface area contributed by atoms with Crippen LogP contribution < -0.4 is 5.32 Å². The molecule has 1 rings (SSSR count). The first-order valence-corrected chi connectivity index (χ1v) is 7.74. The van der Waals surface area contributed by atoms with Crippen LogP contribution in [0.5, 0.6) is 0 Å². The molecule has 0 bridgehead atoms. The number of benzene rings is 1. The van der Waals surface area contributed by atoms with Gasteiger partial charge in [0.1, 0.15) is 6.04 Å². The molecule has 0 aliphatic carbocycles. The second-order valence-electron chi connectivity index (χ2n) is 4.50. The highest BCUT2D eigenvalue weighted by molar-refractivity contribution is 7.91. The number of sulfone groups is 1. The third kappa shape index (κ3) is 3.70. The summed E-state index contributed by atoms with van der Waals surface area (Å²) in [4.78, 5) is 13.5. The average molecular weight is 284 g/mol. The van der Waals surface area contributed by atoms with Gasteiger partial charge in [-0.25, -0.2) is 8.42 Å². The predicted molar refractivity (Wildman–Crippen MR) is 75.9 cm³/mol. The minimum Gasteiger partial charge on any atom is -0.373 e. The lowest BCUT2D eigenvalue weighted by molar-refractivity contribution is -0.129. The Morgan fingerprint density at radius 2 is 1.89 bits per heavy atom. The molecule has 0 heterocycles. The second kappa shape index (κ2) is 6.06. The van der Waals surface area contributed by atoms with Crippen molar-refractivity contribution in [2.45, 2.75) is 24.8 Å². The Balaban J connectivity index is 3.07. The fraction of sp³-hybridized carbons (Fsp3) is 0.462. The van der Waals surface area contributed by atoms with E-state index in [4.69, 9.17) is 0 Å². The van der Waals surface area contributed by atoms with Gasteiger partial charge in [-0.2, -0.15) is 0 Å². The van der Waals surface area contributed by atoms with E-state index in [2.05, 4.69) is 5.32 Å². The number of carbonyl (C=O) groups excluding carboxylic acids is 1. The fourth-order valence-corrected chi connectivity index (χ4v) is 2.75. The Bertz CT molecular complexity index is 553.